The Bertz CT molecular complexity index is 301. The first-order valence-corrected chi connectivity index (χ1v) is 5.43. The molecule has 15 heavy (non-hydrogen) atoms. The van der Waals surface area contributed by atoms with E-state index in [1.165, 1.54) is 0 Å². The van der Waals surface area contributed by atoms with Gasteiger partial charge in [-0.25, -0.2) is 0 Å². The van der Waals surface area contributed by atoms with Crippen LogP contribution in [0.5, 0.6) is 0 Å². The van der Waals surface area contributed by atoms with Crippen LogP contribution in [0.15, 0.2) is 12.7 Å². The number of amides is 2. The zero-order valence-electron chi connectivity index (χ0n) is 8.82. The smallest absolute Gasteiger partial charge is 0.245 e. The summed E-state index contributed by atoms with van der Waals surface area (Å²) in [7, 11) is 0. The lowest BCUT2D eigenvalue weighted by molar-refractivity contribution is -0.139. The summed E-state index contributed by atoms with van der Waals surface area (Å²) in [6.07, 6.45) is 3.94. The van der Waals surface area contributed by atoms with Gasteiger partial charge in [-0.1, -0.05) is 6.08 Å². The molecule has 1 atom stereocenters. The van der Waals surface area contributed by atoms with E-state index >= 15 is 0 Å². The fourth-order valence-electron chi connectivity index (χ4n) is 2.35. The van der Waals surface area contributed by atoms with Crippen LogP contribution in [0.4, 0.5) is 0 Å². The molecule has 0 N–H and O–H groups in total. The average Bonchev–Trinajstić information content (AvgIpc) is 2.67. The molecule has 2 rings (SSSR count). The lowest BCUT2D eigenvalue weighted by atomic mass is 10.2. The Morgan fingerprint density at radius 3 is 2.93 bits per heavy atom. The maximum absolute atomic E-state index is 12.0. The van der Waals surface area contributed by atoms with Crippen molar-refractivity contribution in [2.24, 2.45) is 0 Å². The van der Waals surface area contributed by atoms with Gasteiger partial charge in [0.2, 0.25) is 11.8 Å². The Labute approximate surface area is 89.5 Å². The number of hydrogen-bond acceptors (Lipinski definition) is 2. The highest BCUT2D eigenvalue weighted by atomic mass is 16.2. The summed E-state index contributed by atoms with van der Waals surface area (Å²) in [6, 6.07) is -0.194. The molecule has 2 heterocycles. The molecule has 4 nitrogen and oxygen atoms in total. The molecule has 0 spiro atoms. The number of carbonyl (C=O) groups is 2. The van der Waals surface area contributed by atoms with Crippen LogP contribution in [0.3, 0.4) is 0 Å². The van der Waals surface area contributed by atoms with Gasteiger partial charge in [0.15, 0.2) is 0 Å². The van der Waals surface area contributed by atoms with Gasteiger partial charge in [0, 0.05) is 26.1 Å². The first kappa shape index (κ1) is 10.2. The predicted octanol–water partition coefficient (Wildman–Crippen LogP) is 0.396. The maximum Gasteiger partial charge on any atom is 0.245 e. The monoisotopic (exact) mass is 208 g/mol. The zero-order valence-corrected chi connectivity index (χ0v) is 8.82. The molecule has 2 fully saturated rings. The van der Waals surface area contributed by atoms with Crippen molar-refractivity contribution in [2.75, 3.05) is 19.6 Å². The minimum Gasteiger partial charge on any atom is -0.337 e. The second kappa shape index (κ2) is 4.04. The molecule has 2 saturated heterocycles. The number of nitrogens with zero attached hydrogens (tertiary/aromatic N) is 2. The van der Waals surface area contributed by atoms with Crippen molar-refractivity contribution in [3.8, 4) is 0 Å². The molecule has 0 saturated carbocycles. The highest BCUT2D eigenvalue weighted by Crippen LogP contribution is 2.23. The summed E-state index contributed by atoms with van der Waals surface area (Å²) in [5.41, 5.74) is 0. The lowest BCUT2D eigenvalue weighted by Gasteiger charge is -2.24. The normalized spacial score (nSPS) is 26.5. The summed E-state index contributed by atoms with van der Waals surface area (Å²) in [6.45, 7) is 5.47. The van der Waals surface area contributed by atoms with Crippen molar-refractivity contribution in [3.63, 3.8) is 0 Å². The third kappa shape index (κ3) is 1.76. The van der Waals surface area contributed by atoms with Gasteiger partial charge < -0.3 is 9.80 Å². The van der Waals surface area contributed by atoms with E-state index in [1.54, 1.807) is 15.9 Å². The van der Waals surface area contributed by atoms with Crippen LogP contribution in [0.2, 0.25) is 0 Å². The summed E-state index contributed by atoms with van der Waals surface area (Å²) in [5.74, 6) is 0.218. The maximum atomic E-state index is 12.0. The van der Waals surface area contributed by atoms with E-state index in [0.29, 0.717) is 19.5 Å². The standard InChI is InChI=1S/C11H16N2O2/c1-2-6-12-8-5-10(14)13-7-3-4-9(13)11(12)15/h2,9H,1,3-8H2. The number of fused-ring (bicyclic) bond motifs is 1. The fraction of sp³-hybridized carbons (Fsp3) is 0.636. The molecule has 0 aliphatic carbocycles. The molecular weight excluding hydrogens is 192 g/mol. The third-order valence-electron chi connectivity index (χ3n) is 3.11. The third-order valence-corrected chi connectivity index (χ3v) is 3.11. The minimum atomic E-state index is -0.194. The van der Waals surface area contributed by atoms with Crippen LogP contribution in [0.1, 0.15) is 19.3 Å². The van der Waals surface area contributed by atoms with Crippen molar-refractivity contribution in [2.45, 2.75) is 25.3 Å². The van der Waals surface area contributed by atoms with Crippen molar-refractivity contribution in [1.29, 1.82) is 0 Å². The Balaban J connectivity index is 2.18. The summed E-state index contributed by atoms with van der Waals surface area (Å²) < 4.78 is 0. The second-order valence-corrected chi connectivity index (χ2v) is 4.07. The summed E-state index contributed by atoms with van der Waals surface area (Å²) in [5, 5.41) is 0. The quantitative estimate of drug-likeness (QED) is 0.616. The van der Waals surface area contributed by atoms with Crippen LogP contribution < -0.4 is 0 Å². The van der Waals surface area contributed by atoms with E-state index in [-0.39, 0.29) is 17.9 Å². The van der Waals surface area contributed by atoms with Crippen molar-refractivity contribution in [3.05, 3.63) is 12.7 Å². The molecule has 2 amide bonds. The lowest BCUT2D eigenvalue weighted by Crippen LogP contribution is -2.43. The Kier molecular flexibility index (Phi) is 2.75. The van der Waals surface area contributed by atoms with E-state index in [4.69, 9.17) is 0 Å². The van der Waals surface area contributed by atoms with Gasteiger partial charge >= 0.3 is 0 Å². The van der Waals surface area contributed by atoms with Gasteiger partial charge in [-0.2, -0.15) is 0 Å². The van der Waals surface area contributed by atoms with Crippen molar-refractivity contribution >= 4 is 11.8 Å². The Morgan fingerprint density at radius 2 is 2.20 bits per heavy atom. The van der Waals surface area contributed by atoms with Crippen molar-refractivity contribution < 1.29 is 9.59 Å². The van der Waals surface area contributed by atoms with Gasteiger partial charge in [0.05, 0.1) is 0 Å². The van der Waals surface area contributed by atoms with Crippen LogP contribution >= 0.6 is 0 Å². The number of rotatable bonds is 2. The molecular formula is C11H16N2O2. The van der Waals surface area contributed by atoms with Crippen LogP contribution in [-0.4, -0.2) is 47.3 Å². The van der Waals surface area contributed by atoms with E-state index < -0.39 is 0 Å². The number of hydrogen-bond donors (Lipinski definition) is 0. The summed E-state index contributed by atoms with van der Waals surface area (Å²) in [4.78, 5) is 27.2. The zero-order chi connectivity index (χ0) is 10.8. The Morgan fingerprint density at radius 1 is 1.40 bits per heavy atom. The predicted molar refractivity (Wildman–Crippen MR) is 56.1 cm³/mol. The van der Waals surface area contributed by atoms with Gasteiger partial charge in [-0.3, -0.25) is 9.59 Å². The molecule has 2 aliphatic rings. The number of carbonyl (C=O) groups excluding carboxylic acids is 2. The molecule has 1 unspecified atom stereocenters. The molecule has 0 bridgehead atoms. The summed E-state index contributed by atoms with van der Waals surface area (Å²) >= 11 is 0. The molecule has 4 heteroatoms. The minimum absolute atomic E-state index is 0.0956. The van der Waals surface area contributed by atoms with E-state index in [0.717, 1.165) is 19.4 Å². The topological polar surface area (TPSA) is 40.6 Å². The average molecular weight is 208 g/mol. The first-order valence-electron chi connectivity index (χ1n) is 5.43. The van der Waals surface area contributed by atoms with Gasteiger partial charge in [0.1, 0.15) is 6.04 Å². The highest BCUT2D eigenvalue weighted by molar-refractivity contribution is 5.90. The highest BCUT2D eigenvalue weighted by Gasteiger charge is 2.38. The van der Waals surface area contributed by atoms with Gasteiger partial charge in [-0.15, -0.1) is 6.58 Å². The van der Waals surface area contributed by atoms with E-state index in [9.17, 15) is 9.59 Å². The SMILES string of the molecule is C=CCN1CCC(=O)N2CCCC2C1=O. The molecule has 0 aromatic rings. The van der Waals surface area contributed by atoms with E-state index in [1.807, 2.05) is 0 Å². The fourth-order valence-corrected chi connectivity index (χ4v) is 2.35. The van der Waals surface area contributed by atoms with Crippen molar-refractivity contribution in [1.82, 2.24) is 9.80 Å². The Hall–Kier alpha value is -1.32. The molecule has 0 aromatic heterocycles. The van der Waals surface area contributed by atoms with Gasteiger partial charge in [0.25, 0.3) is 0 Å². The first-order chi connectivity index (χ1) is 7.24. The van der Waals surface area contributed by atoms with Gasteiger partial charge in [-0.05, 0) is 12.8 Å². The van der Waals surface area contributed by atoms with Crippen LogP contribution in [-0.2, 0) is 9.59 Å². The van der Waals surface area contributed by atoms with Crippen LogP contribution in [0, 0.1) is 0 Å². The second-order valence-electron chi connectivity index (χ2n) is 4.07. The molecule has 0 radical (unpaired) electrons. The molecule has 2 aliphatic heterocycles. The molecule has 82 valence electrons. The van der Waals surface area contributed by atoms with Crippen LogP contribution in [0.25, 0.3) is 0 Å². The van der Waals surface area contributed by atoms with E-state index in [2.05, 4.69) is 6.58 Å². The molecule has 0 aromatic carbocycles. The largest absolute Gasteiger partial charge is 0.337 e.